The molecule has 4 heteroatoms. The first kappa shape index (κ1) is 22.8. The Morgan fingerprint density at radius 3 is 1.30 bits per heavy atom. The SMILES string of the molecule is CC(C)(C)CC(C)(C)n1[c](=[Cu-2][Cl])n(C(C)(C)CC(C)(C)C)c2ccccc21. The van der Waals surface area contributed by atoms with Crippen LogP contribution in [0.2, 0.25) is 0 Å². The van der Waals surface area contributed by atoms with Crippen molar-refractivity contribution in [2.45, 2.75) is 93.2 Å². The van der Waals surface area contributed by atoms with Gasteiger partial charge >= 0.3 is 176 Å². The summed E-state index contributed by atoms with van der Waals surface area (Å²) in [5.74, 6) is 0. The summed E-state index contributed by atoms with van der Waals surface area (Å²) < 4.78 is 6.04. The molecule has 1 aromatic carbocycles. The fourth-order valence-electron chi connectivity index (χ4n) is 5.03. The molecule has 1 aromatic heterocycles. The molecule has 0 radical (unpaired) electrons. The molecule has 0 bridgehead atoms. The monoisotopic (exact) mass is 440 g/mol. The van der Waals surface area contributed by atoms with Gasteiger partial charge in [0.25, 0.3) is 0 Å². The van der Waals surface area contributed by atoms with Gasteiger partial charge in [-0.2, -0.15) is 0 Å². The molecule has 0 aliphatic heterocycles. The van der Waals surface area contributed by atoms with Crippen molar-refractivity contribution >= 4 is 21.1 Å². The molecule has 160 valence electrons. The molecule has 2 aromatic rings. The van der Waals surface area contributed by atoms with E-state index in [0.29, 0.717) is 0 Å². The van der Waals surface area contributed by atoms with Crippen LogP contribution in [0.4, 0.5) is 0 Å². The van der Waals surface area contributed by atoms with E-state index < -0.39 is 0 Å². The standard InChI is InChI=1S/C23H38N2.ClH.Cu/c1-20(2,3)15-22(7,8)24-17-25(19-14-12-11-13-18(19)24)23(9,10)16-21(4,5)6;;/h11-14H,15-16H2,1-10H3;1H;/q;;-1/p-1. The molecule has 0 N–H and O–H groups in total. The van der Waals surface area contributed by atoms with E-state index in [0.717, 1.165) is 17.2 Å². The quantitative estimate of drug-likeness (QED) is 0.434. The molecule has 27 heavy (non-hydrogen) atoms. The molecule has 0 spiro atoms. The van der Waals surface area contributed by atoms with Crippen LogP contribution in [0.25, 0.3) is 11.0 Å². The number of fused-ring (bicyclic) bond motifs is 1. The van der Waals surface area contributed by atoms with E-state index in [9.17, 15) is 0 Å². The van der Waals surface area contributed by atoms with Gasteiger partial charge in [-0.05, 0) is 0 Å². The maximum atomic E-state index is 6.53. The van der Waals surface area contributed by atoms with Gasteiger partial charge in [-0.25, -0.2) is 0 Å². The van der Waals surface area contributed by atoms with Crippen molar-refractivity contribution in [1.29, 1.82) is 0 Å². The third-order valence-corrected chi connectivity index (χ3v) is 5.89. The molecule has 0 atom stereocenters. The molecule has 2 nitrogen and oxygen atoms in total. The van der Waals surface area contributed by atoms with E-state index in [4.69, 9.17) is 10.1 Å². The molecule has 1 heterocycles. The van der Waals surface area contributed by atoms with Gasteiger partial charge in [0, 0.05) is 0 Å². The second-order valence-corrected chi connectivity index (χ2v) is 12.6. The van der Waals surface area contributed by atoms with Gasteiger partial charge in [0.15, 0.2) is 0 Å². The topological polar surface area (TPSA) is 9.86 Å². The van der Waals surface area contributed by atoms with Gasteiger partial charge in [0.05, 0.1) is 0 Å². The summed E-state index contributed by atoms with van der Waals surface area (Å²) in [4.78, 5) is 0. The van der Waals surface area contributed by atoms with Gasteiger partial charge in [-0.3, -0.25) is 0 Å². The van der Waals surface area contributed by atoms with Gasteiger partial charge in [0.2, 0.25) is 0 Å². The van der Waals surface area contributed by atoms with Crippen molar-refractivity contribution in [3.05, 3.63) is 28.6 Å². The van der Waals surface area contributed by atoms with Gasteiger partial charge in [-0.1, -0.05) is 0 Å². The molecule has 0 aliphatic rings. The predicted octanol–water partition coefficient (Wildman–Crippen LogP) is 7.55. The minimum absolute atomic E-state index is 0.0461. The van der Waals surface area contributed by atoms with Crippen molar-refractivity contribution in [2.75, 3.05) is 0 Å². The van der Waals surface area contributed by atoms with E-state index in [-0.39, 0.29) is 21.9 Å². The summed E-state index contributed by atoms with van der Waals surface area (Å²) in [6.45, 7) is 23.2. The van der Waals surface area contributed by atoms with E-state index in [1.807, 2.05) is 0 Å². The summed E-state index contributed by atoms with van der Waals surface area (Å²) in [6, 6.07) is 8.74. The molecular weight excluding hydrogens is 403 g/mol. The van der Waals surface area contributed by atoms with E-state index in [1.54, 1.807) is 0 Å². The van der Waals surface area contributed by atoms with Crippen molar-refractivity contribution in [3.8, 4) is 0 Å². The summed E-state index contributed by atoms with van der Waals surface area (Å²) in [6.07, 6.45) is 2.14. The average molecular weight is 442 g/mol. The summed E-state index contributed by atoms with van der Waals surface area (Å²) in [5.41, 5.74) is 2.88. The first-order valence-electron chi connectivity index (χ1n) is 9.85. The Labute approximate surface area is 176 Å². The molecule has 2 rings (SSSR count). The second-order valence-electron chi connectivity index (χ2n) is 11.6. The number of imidazole rings is 1. The van der Waals surface area contributed by atoms with E-state index >= 15 is 0 Å². The zero-order valence-corrected chi connectivity index (χ0v) is 20.5. The number of rotatable bonds is 4. The zero-order valence-electron chi connectivity index (χ0n) is 18.8. The summed E-state index contributed by atoms with van der Waals surface area (Å²) >= 11 is 1.46. The van der Waals surface area contributed by atoms with Crippen molar-refractivity contribution in [1.82, 2.24) is 9.13 Å². The Balaban J connectivity index is 2.86. The molecule has 0 saturated heterocycles. The van der Waals surface area contributed by atoms with Crippen molar-refractivity contribution in [3.63, 3.8) is 0 Å². The maximum absolute atomic E-state index is 6.53. The van der Waals surface area contributed by atoms with Crippen LogP contribution < -0.4 is 0 Å². The minimum atomic E-state index is -0.0461. The number of para-hydroxylation sites is 2. The molecule has 0 aliphatic carbocycles. The average Bonchev–Trinajstić information content (AvgIpc) is 2.77. The summed E-state index contributed by atoms with van der Waals surface area (Å²) in [5, 5.41) is 0. The number of aromatic nitrogens is 2. The Kier molecular flexibility index (Phi) is 6.24. The Hall–Kier alpha value is -0.501. The van der Waals surface area contributed by atoms with Crippen LogP contribution in [0, 0.1) is 15.2 Å². The third kappa shape index (κ3) is 5.11. The van der Waals surface area contributed by atoms with Gasteiger partial charge < -0.3 is 0 Å². The number of benzene rings is 1. The molecule has 0 saturated carbocycles. The number of nitrogens with zero attached hydrogens (tertiary/aromatic N) is 2. The van der Waals surface area contributed by atoms with Gasteiger partial charge in [-0.15, -0.1) is 0 Å². The fourth-order valence-corrected chi connectivity index (χ4v) is 6.41. The van der Waals surface area contributed by atoms with Crippen LogP contribution in [0.5, 0.6) is 0 Å². The fraction of sp³-hybridized carbons (Fsp3) is 0.696. The molecular formula is C23H38ClCuN2-2. The third-order valence-electron chi connectivity index (χ3n) is 4.89. The van der Waals surface area contributed by atoms with E-state index in [1.165, 1.54) is 24.6 Å². The van der Waals surface area contributed by atoms with Crippen LogP contribution in [0.15, 0.2) is 24.3 Å². The predicted molar refractivity (Wildman–Crippen MR) is 116 cm³/mol. The number of hydrogen-bond donors (Lipinski definition) is 0. The van der Waals surface area contributed by atoms with Gasteiger partial charge in [0.1, 0.15) is 0 Å². The Bertz CT molecular complexity index is 802. The normalized spacial score (nSPS) is 14.3. The second kappa shape index (κ2) is 7.39. The Morgan fingerprint density at radius 2 is 1.04 bits per heavy atom. The van der Waals surface area contributed by atoms with Crippen LogP contribution in [0.3, 0.4) is 0 Å². The number of halogens is 1. The van der Waals surface area contributed by atoms with Crippen molar-refractivity contribution < 1.29 is 13.6 Å². The number of hydrogen-bond acceptors (Lipinski definition) is 0. The van der Waals surface area contributed by atoms with Crippen LogP contribution >= 0.6 is 10.1 Å². The van der Waals surface area contributed by atoms with Crippen LogP contribution in [-0.4, -0.2) is 9.13 Å². The molecule has 0 fully saturated rings. The Morgan fingerprint density at radius 1 is 0.704 bits per heavy atom. The van der Waals surface area contributed by atoms with Crippen LogP contribution in [-0.2, 0) is 24.7 Å². The summed E-state index contributed by atoms with van der Waals surface area (Å²) in [7, 11) is 6.53. The molecule has 0 amide bonds. The first-order chi connectivity index (χ1) is 12.1. The van der Waals surface area contributed by atoms with Crippen molar-refractivity contribution in [2.24, 2.45) is 10.8 Å². The zero-order chi connectivity index (χ0) is 20.8. The van der Waals surface area contributed by atoms with Crippen LogP contribution in [0.1, 0.15) is 82.1 Å². The molecule has 0 unspecified atom stereocenters. The van der Waals surface area contributed by atoms with E-state index in [2.05, 4.69) is 103 Å². The first-order valence-corrected chi connectivity index (χ1v) is 11.6.